The van der Waals surface area contributed by atoms with Crippen LogP contribution in [-0.2, 0) is 6.42 Å². The van der Waals surface area contributed by atoms with Gasteiger partial charge >= 0.3 is 0 Å². The molecule has 2 aromatic rings. The summed E-state index contributed by atoms with van der Waals surface area (Å²) in [5.74, 6) is 0.261. The van der Waals surface area contributed by atoms with Gasteiger partial charge in [-0.25, -0.2) is 4.68 Å². The van der Waals surface area contributed by atoms with E-state index in [0.717, 1.165) is 17.8 Å². The van der Waals surface area contributed by atoms with Crippen molar-refractivity contribution in [3.63, 3.8) is 0 Å². The molecule has 0 aliphatic carbocycles. The van der Waals surface area contributed by atoms with Gasteiger partial charge in [0, 0.05) is 0 Å². The zero-order chi connectivity index (χ0) is 9.97. The predicted octanol–water partition coefficient (Wildman–Crippen LogP) is 2.14. The Labute approximate surface area is 82.6 Å². The third kappa shape index (κ3) is 1.48. The molecule has 0 aliphatic heterocycles. The molecule has 3 heteroatoms. The molecule has 2 rings (SSSR count). The molecule has 14 heavy (non-hydrogen) atoms. The number of rotatable bonds is 2. The summed E-state index contributed by atoms with van der Waals surface area (Å²) in [6, 6.07) is 9.74. The zero-order valence-corrected chi connectivity index (χ0v) is 8.01. The van der Waals surface area contributed by atoms with Crippen molar-refractivity contribution in [2.24, 2.45) is 0 Å². The first-order valence-corrected chi connectivity index (χ1v) is 4.64. The molecule has 0 atom stereocenters. The maximum atomic E-state index is 9.51. The molecule has 0 bridgehead atoms. The Hall–Kier alpha value is -1.77. The first-order chi connectivity index (χ1) is 6.81. The van der Waals surface area contributed by atoms with Crippen molar-refractivity contribution < 1.29 is 5.11 Å². The van der Waals surface area contributed by atoms with Crippen LogP contribution in [0.15, 0.2) is 36.5 Å². The predicted molar refractivity (Wildman–Crippen MR) is 54.6 cm³/mol. The molecule has 72 valence electrons. The molecular formula is C11H12N2O. The van der Waals surface area contributed by atoms with E-state index in [1.807, 2.05) is 37.3 Å². The molecular weight excluding hydrogens is 176 g/mol. The number of para-hydroxylation sites is 1. The second kappa shape index (κ2) is 3.54. The summed E-state index contributed by atoms with van der Waals surface area (Å²) < 4.78 is 1.69. The average molecular weight is 188 g/mol. The van der Waals surface area contributed by atoms with Gasteiger partial charge in [0.25, 0.3) is 0 Å². The fourth-order valence-electron chi connectivity index (χ4n) is 1.37. The van der Waals surface area contributed by atoms with Crippen molar-refractivity contribution in [3.05, 3.63) is 42.2 Å². The number of hydrogen-bond acceptors (Lipinski definition) is 2. The van der Waals surface area contributed by atoms with Crippen molar-refractivity contribution in [2.45, 2.75) is 13.3 Å². The minimum absolute atomic E-state index is 0.261. The topological polar surface area (TPSA) is 38.0 Å². The number of hydrogen-bond donors (Lipinski definition) is 1. The average Bonchev–Trinajstić information content (AvgIpc) is 2.61. The molecule has 0 saturated carbocycles. The fraction of sp³-hybridized carbons (Fsp3) is 0.182. The number of benzene rings is 1. The molecule has 1 N–H and O–H groups in total. The largest absolute Gasteiger partial charge is 0.504 e. The van der Waals surface area contributed by atoms with E-state index in [2.05, 4.69) is 5.10 Å². The molecule has 0 spiro atoms. The van der Waals surface area contributed by atoms with Gasteiger partial charge in [0.2, 0.25) is 0 Å². The lowest BCUT2D eigenvalue weighted by Crippen LogP contribution is -1.94. The monoisotopic (exact) mass is 188 g/mol. The van der Waals surface area contributed by atoms with Crippen molar-refractivity contribution in [1.82, 2.24) is 9.78 Å². The van der Waals surface area contributed by atoms with Crippen LogP contribution in [-0.4, -0.2) is 14.9 Å². The van der Waals surface area contributed by atoms with Crippen LogP contribution >= 0.6 is 0 Å². The van der Waals surface area contributed by atoms with Crippen LogP contribution in [0.5, 0.6) is 5.75 Å². The summed E-state index contributed by atoms with van der Waals surface area (Å²) in [6.07, 6.45) is 2.37. The standard InChI is InChI=1S/C11H12N2O/c1-2-10-11(14)8-13(12-10)9-6-4-3-5-7-9/h3-8,14H,2H2,1H3. The second-order valence-corrected chi connectivity index (χ2v) is 3.09. The number of aryl methyl sites for hydroxylation is 1. The summed E-state index contributed by atoms with van der Waals surface area (Å²) in [7, 11) is 0. The quantitative estimate of drug-likeness (QED) is 0.784. The maximum absolute atomic E-state index is 9.51. The minimum Gasteiger partial charge on any atom is -0.504 e. The third-order valence-corrected chi connectivity index (χ3v) is 2.12. The van der Waals surface area contributed by atoms with Gasteiger partial charge in [-0.05, 0) is 18.6 Å². The molecule has 1 aromatic carbocycles. The highest BCUT2D eigenvalue weighted by atomic mass is 16.3. The molecule has 0 fully saturated rings. The number of aromatic hydroxyl groups is 1. The summed E-state index contributed by atoms with van der Waals surface area (Å²) >= 11 is 0. The Kier molecular flexibility index (Phi) is 2.23. The summed E-state index contributed by atoms with van der Waals surface area (Å²) in [6.45, 7) is 1.97. The third-order valence-electron chi connectivity index (χ3n) is 2.12. The van der Waals surface area contributed by atoms with Gasteiger partial charge < -0.3 is 5.11 Å². The van der Waals surface area contributed by atoms with Crippen LogP contribution in [0.1, 0.15) is 12.6 Å². The lowest BCUT2D eigenvalue weighted by Gasteiger charge is -1.98. The highest BCUT2D eigenvalue weighted by Crippen LogP contribution is 2.17. The van der Waals surface area contributed by atoms with Gasteiger partial charge in [0.05, 0.1) is 11.9 Å². The smallest absolute Gasteiger partial charge is 0.157 e. The van der Waals surface area contributed by atoms with Gasteiger partial charge in [-0.15, -0.1) is 0 Å². The van der Waals surface area contributed by atoms with E-state index in [9.17, 15) is 5.11 Å². The molecule has 0 saturated heterocycles. The van der Waals surface area contributed by atoms with E-state index in [4.69, 9.17) is 0 Å². The van der Waals surface area contributed by atoms with Crippen molar-refractivity contribution >= 4 is 0 Å². The fourth-order valence-corrected chi connectivity index (χ4v) is 1.37. The molecule has 1 heterocycles. The first kappa shape index (κ1) is 8.81. The van der Waals surface area contributed by atoms with E-state index in [0.29, 0.717) is 0 Å². The van der Waals surface area contributed by atoms with Crippen LogP contribution in [0, 0.1) is 0 Å². The van der Waals surface area contributed by atoms with Crippen LogP contribution in [0.2, 0.25) is 0 Å². The highest BCUT2D eigenvalue weighted by Gasteiger charge is 2.05. The maximum Gasteiger partial charge on any atom is 0.157 e. The second-order valence-electron chi connectivity index (χ2n) is 3.09. The number of nitrogens with zero attached hydrogens (tertiary/aromatic N) is 2. The van der Waals surface area contributed by atoms with E-state index in [-0.39, 0.29) is 5.75 Å². The van der Waals surface area contributed by atoms with Gasteiger partial charge in [-0.3, -0.25) is 0 Å². The van der Waals surface area contributed by atoms with E-state index in [1.165, 1.54) is 0 Å². The van der Waals surface area contributed by atoms with Crippen LogP contribution in [0.4, 0.5) is 0 Å². The first-order valence-electron chi connectivity index (χ1n) is 4.64. The Morgan fingerprint density at radius 3 is 2.57 bits per heavy atom. The van der Waals surface area contributed by atoms with Crippen molar-refractivity contribution in [3.8, 4) is 11.4 Å². The lowest BCUT2D eigenvalue weighted by atomic mass is 10.3. The Morgan fingerprint density at radius 1 is 1.29 bits per heavy atom. The number of aromatic nitrogens is 2. The summed E-state index contributed by atoms with van der Waals surface area (Å²) in [5.41, 5.74) is 1.69. The van der Waals surface area contributed by atoms with Gasteiger partial charge in [-0.1, -0.05) is 25.1 Å². The SMILES string of the molecule is CCc1nn(-c2ccccc2)cc1O. The van der Waals surface area contributed by atoms with Crippen LogP contribution in [0.25, 0.3) is 5.69 Å². The minimum atomic E-state index is 0.261. The Balaban J connectivity index is 2.43. The molecule has 3 nitrogen and oxygen atoms in total. The molecule has 0 aliphatic rings. The van der Waals surface area contributed by atoms with Crippen molar-refractivity contribution in [2.75, 3.05) is 0 Å². The van der Waals surface area contributed by atoms with E-state index >= 15 is 0 Å². The molecule has 0 unspecified atom stereocenters. The van der Waals surface area contributed by atoms with E-state index < -0.39 is 0 Å². The van der Waals surface area contributed by atoms with E-state index in [1.54, 1.807) is 10.9 Å². The summed E-state index contributed by atoms with van der Waals surface area (Å²) in [5, 5.41) is 13.8. The zero-order valence-electron chi connectivity index (χ0n) is 8.01. The Bertz CT molecular complexity index is 420. The van der Waals surface area contributed by atoms with Crippen LogP contribution < -0.4 is 0 Å². The molecule has 0 radical (unpaired) electrons. The normalized spacial score (nSPS) is 10.4. The van der Waals surface area contributed by atoms with Gasteiger partial charge in [-0.2, -0.15) is 5.10 Å². The van der Waals surface area contributed by atoms with Crippen LogP contribution in [0.3, 0.4) is 0 Å². The summed E-state index contributed by atoms with van der Waals surface area (Å²) in [4.78, 5) is 0. The Morgan fingerprint density at radius 2 is 2.00 bits per heavy atom. The van der Waals surface area contributed by atoms with Gasteiger partial charge in [0.15, 0.2) is 5.75 Å². The molecule has 1 aromatic heterocycles. The van der Waals surface area contributed by atoms with Gasteiger partial charge in [0.1, 0.15) is 5.69 Å². The van der Waals surface area contributed by atoms with Crippen molar-refractivity contribution in [1.29, 1.82) is 0 Å². The lowest BCUT2D eigenvalue weighted by molar-refractivity contribution is 0.469. The highest BCUT2D eigenvalue weighted by molar-refractivity contribution is 5.34. The molecule has 0 amide bonds.